The maximum atomic E-state index is 12.8. The van der Waals surface area contributed by atoms with Gasteiger partial charge in [-0.3, -0.25) is 9.59 Å². The number of carbonyl (C=O) groups excluding carboxylic acids is 2. The average molecular weight is 409 g/mol. The predicted molar refractivity (Wildman–Crippen MR) is 119 cm³/mol. The smallest absolute Gasteiger partial charge is 0.312 e. The zero-order valence-electron chi connectivity index (χ0n) is 19.2. The van der Waals surface area contributed by atoms with Crippen LogP contribution >= 0.6 is 0 Å². The summed E-state index contributed by atoms with van der Waals surface area (Å²) in [5.74, 6) is -0.941. The van der Waals surface area contributed by atoms with Crippen molar-refractivity contribution < 1.29 is 19.1 Å². The minimum Gasteiger partial charge on any atom is -0.465 e. The number of hydrogen-bond acceptors (Lipinski definition) is 4. The molecule has 4 nitrogen and oxygen atoms in total. The van der Waals surface area contributed by atoms with E-state index in [0.29, 0.717) is 26.1 Å². The topological polar surface area (TPSA) is 52.6 Å². The summed E-state index contributed by atoms with van der Waals surface area (Å²) >= 11 is 0. The van der Waals surface area contributed by atoms with Crippen LogP contribution < -0.4 is 0 Å². The van der Waals surface area contributed by atoms with Crippen LogP contribution in [0.3, 0.4) is 0 Å². The summed E-state index contributed by atoms with van der Waals surface area (Å²) in [6.07, 6.45) is 18.9. The van der Waals surface area contributed by atoms with Gasteiger partial charge in [0.05, 0.1) is 24.5 Å². The molecule has 0 N–H and O–H groups in total. The SMILES string of the molecule is CCCCCCCCOC(=O)C1CC=CCC1(C)C(=O)OCCCCCCCC. The summed E-state index contributed by atoms with van der Waals surface area (Å²) < 4.78 is 11.1. The molecule has 2 unspecified atom stereocenters. The second-order valence-corrected chi connectivity index (χ2v) is 8.72. The molecule has 0 saturated heterocycles. The van der Waals surface area contributed by atoms with Gasteiger partial charge in [0.25, 0.3) is 0 Å². The van der Waals surface area contributed by atoms with Gasteiger partial charge in [-0.15, -0.1) is 0 Å². The van der Waals surface area contributed by atoms with Crippen LogP contribution in [0.15, 0.2) is 12.2 Å². The molecule has 0 aromatic heterocycles. The highest BCUT2D eigenvalue weighted by Crippen LogP contribution is 2.40. The quantitative estimate of drug-likeness (QED) is 0.161. The van der Waals surface area contributed by atoms with Crippen molar-refractivity contribution in [2.75, 3.05) is 13.2 Å². The molecule has 2 atom stereocenters. The van der Waals surface area contributed by atoms with Gasteiger partial charge < -0.3 is 9.47 Å². The first-order valence-electron chi connectivity index (χ1n) is 12.0. The molecule has 0 spiro atoms. The summed E-state index contributed by atoms with van der Waals surface area (Å²) in [5.41, 5.74) is -0.810. The van der Waals surface area contributed by atoms with Crippen LogP contribution in [0.5, 0.6) is 0 Å². The van der Waals surface area contributed by atoms with E-state index in [4.69, 9.17) is 9.47 Å². The number of rotatable bonds is 16. The molecule has 4 heteroatoms. The van der Waals surface area contributed by atoms with Gasteiger partial charge in [0, 0.05) is 0 Å². The van der Waals surface area contributed by atoms with Crippen LogP contribution in [0.4, 0.5) is 0 Å². The second kappa shape index (κ2) is 15.5. The van der Waals surface area contributed by atoms with Gasteiger partial charge in [-0.1, -0.05) is 90.2 Å². The zero-order valence-corrected chi connectivity index (χ0v) is 19.2. The van der Waals surface area contributed by atoms with E-state index in [-0.39, 0.29) is 11.9 Å². The van der Waals surface area contributed by atoms with E-state index in [9.17, 15) is 9.59 Å². The second-order valence-electron chi connectivity index (χ2n) is 8.72. The van der Waals surface area contributed by atoms with Crippen molar-refractivity contribution in [2.24, 2.45) is 11.3 Å². The lowest BCUT2D eigenvalue weighted by Gasteiger charge is -2.35. The first-order chi connectivity index (χ1) is 14.1. The van der Waals surface area contributed by atoms with Gasteiger partial charge in [-0.05, 0) is 32.6 Å². The highest BCUT2D eigenvalue weighted by molar-refractivity contribution is 5.85. The van der Waals surface area contributed by atoms with Crippen LogP contribution in [0, 0.1) is 11.3 Å². The third-order valence-electron chi connectivity index (χ3n) is 6.07. The van der Waals surface area contributed by atoms with E-state index < -0.39 is 11.3 Å². The molecular formula is C25H44O4. The average Bonchev–Trinajstić information content (AvgIpc) is 2.72. The third-order valence-corrected chi connectivity index (χ3v) is 6.07. The van der Waals surface area contributed by atoms with E-state index in [1.54, 1.807) is 0 Å². The van der Waals surface area contributed by atoms with Crippen molar-refractivity contribution in [1.29, 1.82) is 0 Å². The molecule has 0 aromatic carbocycles. The van der Waals surface area contributed by atoms with Crippen LogP contribution in [-0.4, -0.2) is 25.2 Å². The van der Waals surface area contributed by atoms with Gasteiger partial charge in [0.1, 0.15) is 0 Å². The lowest BCUT2D eigenvalue weighted by molar-refractivity contribution is -0.169. The van der Waals surface area contributed by atoms with E-state index in [2.05, 4.69) is 13.8 Å². The molecule has 0 aromatic rings. The monoisotopic (exact) mass is 408 g/mol. The van der Waals surface area contributed by atoms with Crippen LogP contribution in [0.2, 0.25) is 0 Å². The highest BCUT2D eigenvalue weighted by Gasteiger charge is 2.47. The number of carbonyl (C=O) groups is 2. The van der Waals surface area contributed by atoms with Crippen LogP contribution in [-0.2, 0) is 19.1 Å². The summed E-state index contributed by atoms with van der Waals surface area (Å²) in [5, 5.41) is 0. The van der Waals surface area contributed by atoms with Gasteiger partial charge >= 0.3 is 11.9 Å². The van der Waals surface area contributed by atoms with Crippen molar-refractivity contribution in [2.45, 2.75) is 111 Å². The van der Waals surface area contributed by atoms with Gasteiger partial charge in [-0.25, -0.2) is 0 Å². The number of hydrogen-bond donors (Lipinski definition) is 0. The first kappa shape index (κ1) is 25.7. The van der Waals surface area contributed by atoms with Crippen molar-refractivity contribution >= 4 is 11.9 Å². The highest BCUT2D eigenvalue weighted by atomic mass is 16.5. The lowest BCUT2D eigenvalue weighted by atomic mass is 9.70. The number of ether oxygens (including phenoxy) is 2. The Morgan fingerprint density at radius 2 is 1.31 bits per heavy atom. The van der Waals surface area contributed by atoms with Crippen molar-refractivity contribution in [3.05, 3.63) is 12.2 Å². The Labute approximate surface area is 178 Å². The Morgan fingerprint density at radius 3 is 1.90 bits per heavy atom. The maximum Gasteiger partial charge on any atom is 0.312 e. The molecule has 168 valence electrons. The molecular weight excluding hydrogens is 364 g/mol. The molecule has 0 saturated carbocycles. The van der Waals surface area contributed by atoms with Gasteiger partial charge in [-0.2, -0.15) is 0 Å². The molecule has 0 fully saturated rings. The molecule has 29 heavy (non-hydrogen) atoms. The minimum absolute atomic E-state index is 0.248. The Kier molecular flexibility index (Phi) is 13.8. The Bertz CT molecular complexity index is 485. The van der Waals surface area contributed by atoms with Crippen LogP contribution in [0.25, 0.3) is 0 Å². The van der Waals surface area contributed by atoms with Gasteiger partial charge in [0.15, 0.2) is 0 Å². The predicted octanol–water partition coefficient (Wildman–Crippen LogP) is 6.77. The molecule has 0 bridgehead atoms. The third kappa shape index (κ3) is 9.82. The maximum absolute atomic E-state index is 12.8. The first-order valence-corrected chi connectivity index (χ1v) is 12.0. The van der Waals surface area contributed by atoms with Crippen molar-refractivity contribution in [3.63, 3.8) is 0 Å². The van der Waals surface area contributed by atoms with E-state index >= 15 is 0 Å². The summed E-state index contributed by atoms with van der Waals surface area (Å²) in [6, 6.07) is 0. The molecule has 0 amide bonds. The Balaban J connectivity index is 2.37. The fourth-order valence-electron chi connectivity index (χ4n) is 3.91. The molecule has 0 radical (unpaired) electrons. The zero-order chi connectivity index (χ0) is 21.4. The van der Waals surface area contributed by atoms with Crippen LogP contribution in [0.1, 0.15) is 111 Å². The fraction of sp³-hybridized carbons (Fsp3) is 0.840. The fourth-order valence-corrected chi connectivity index (χ4v) is 3.91. The summed E-state index contributed by atoms with van der Waals surface area (Å²) in [6.45, 7) is 7.17. The van der Waals surface area contributed by atoms with Gasteiger partial charge in [0.2, 0.25) is 0 Å². The molecule has 1 aliphatic rings. The minimum atomic E-state index is -0.810. The van der Waals surface area contributed by atoms with E-state index in [1.165, 1.54) is 51.4 Å². The number of unbranched alkanes of at least 4 members (excludes halogenated alkanes) is 10. The number of allylic oxidation sites excluding steroid dienone is 2. The van der Waals surface area contributed by atoms with E-state index in [0.717, 1.165) is 25.7 Å². The standard InChI is InChI=1S/C25H44O4/c1-4-6-8-10-12-16-20-28-23(26)22-18-14-15-19-25(22,3)24(27)29-21-17-13-11-9-7-5-2/h14-15,22H,4-13,16-21H2,1-3H3. The summed E-state index contributed by atoms with van der Waals surface area (Å²) in [4.78, 5) is 25.4. The Hall–Kier alpha value is -1.32. The van der Waals surface area contributed by atoms with Crippen molar-refractivity contribution in [1.82, 2.24) is 0 Å². The molecule has 0 aliphatic heterocycles. The molecule has 0 heterocycles. The molecule has 1 aliphatic carbocycles. The molecule has 1 rings (SSSR count). The summed E-state index contributed by atoms with van der Waals surface area (Å²) in [7, 11) is 0. The van der Waals surface area contributed by atoms with Crippen molar-refractivity contribution in [3.8, 4) is 0 Å². The largest absolute Gasteiger partial charge is 0.465 e. The normalized spacial score (nSPS) is 21.1. The number of esters is 2. The lowest BCUT2D eigenvalue weighted by Crippen LogP contribution is -2.43. The Morgan fingerprint density at radius 1 is 0.793 bits per heavy atom. The van der Waals surface area contributed by atoms with E-state index in [1.807, 2.05) is 19.1 Å².